The van der Waals surface area contributed by atoms with E-state index >= 15 is 0 Å². The fraction of sp³-hybridized carbons (Fsp3) is 0.182. The van der Waals surface area contributed by atoms with E-state index in [2.05, 4.69) is 19.2 Å². The molecule has 6 nitrogen and oxygen atoms in total. The minimum Gasteiger partial charge on any atom is -0.394 e. The lowest BCUT2D eigenvalue weighted by atomic mass is 10.2. The third-order valence-corrected chi connectivity index (χ3v) is 4.07. The Labute approximate surface area is 128 Å². The zero-order valence-electron chi connectivity index (χ0n) is 10.6. The molecule has 3 N–H and O–H groups in total. The van der Waals surface area contributed by atoms with Gasteiger partial charge in [-0.25, -0.2) is 0 Å². The monoisotopic (exact) mass is 328 g/mol. The highest BCUT2D eigenvalue weighted by atomic mass is 35.5. The molecule has 0 aliphatic carbocycles. The fourth-order valence-corrected chi connectivity index (χ4v) is 3.09. The predicted molar refractivity (Wildman–Crippen MR) is 83.1 cm³/mol. The largest absolute Gasteiger partial charge is 0.394 e. The Kier molecular flexibility index (Phi) is 3.19. The molecule has 3 rings (SSSR count). The molecule has 2 heterocycles. The molecule has 0 bridgehead atoms. The fourth-order valence-electron chi connectivity index (χ4n) is 1.93. The summed E-state index contributed by atoms with van der Waals surface area (Å²) in [6.07, 6.45) is 0. The molecule has 0 aliphatic rings. The normalized spacial score (nSPS) is 11.2. The van der Waals surface area contributed by atoms with Crippen LogP contribution < -0.4 is 11.1 Å². The number of nitrogens with zero attached hydrogens (tertiary/aromatic N) is 4. The molecule has 9 heteroatoms. The van der Waals surface area contributed by atoms with Gasteiger partial charge >= 0.3 is 0 Å². The van der Waals surface area contributed by atoms with Crippen LogP contribution in [0.4, 0.5) is 17.2 Å². The average Bonchev–Trinajstić information content (AvgIpc) is 2.94. The van der Waals surface area contributed by atoms with E-state index in [0.717, 1.165) is 17.4 Å². The molecule has 20 heavy (non-hydrogen) atoms. The van der Waals surface area contributed by atoms with Crippen molar-refractivity contribution in [3.63, 3.8) is 0 Å². The van der Waals surface area contributed by atoms with E-state index in [-0.39, 0.29) is 0 Å². The van der Waals surface area contributed by atoms with Gasteiger partial charge in [-0.3, -0.25) is 4.68 Å². The second-order valence-corrected chi connectivity index (χ2v) is 5.62. The van der Waals surface area contributed by atoms with E-state index in [4.69, 9.17) is 28.9 Å². The summed E-state index contributed by atoms with van der Waals surface area (Å²) in [5, 5.41) is 8.35. The van der Waals surface area contributed by atoms with Gasteiger partial charge in [-0.2, -0.15) is 13.8 Å². The first-order valence-corrected chi connectivity index (χ1v) is 7.14. The van der Waals surface area contributed by atoms with Gasteiger partial charge < -0.3 is 11.1 Å². The first kappa shape index (κ1) is 13.4. The van der Waals surface area contributed by atoms with Crippen molar-refractivity contribution in [2.75, 3.05) is 11.1 Å². The van der Waals surface area contributed by atoms with Gasteiger partial charge in [-0.1, -0.05) is 23.2 Å². The second kappa shape index (κ2) is 4.76. The van der Waals surface area contributed by atoms with Crippen molar-refractivity contribution in [3.8, 4) is 0 Å². The number of hydrogen-bond acceptors (Lipinski definition) is 6. The standard InChI is InChI=1S/C11H10Cl2N6S/c1-4-7(14)11(19(2)16-4)15-8-5(12)3-6(13)9-10(8)18-20-17-9/h3,15H,14H2,1-2H3. The first-order chi connectivity index (χ1) is 9.49. The minimum atomic E-state index is 0.452. The van der Waals surface area contributed by atoms with Crippen LogP contribution in [0, 0.1) is 6.92 Å². The lowest BCUT2D eigenvalue weighted by molar-refractivity contribution is 0.765. The number of hydrogen-bond donors (Lipinski definition) is 2. The highest BCUT2D eigenvalue weighted by Gasteiger charge is 2.17. The number of benzene rings is 1. The third kappa shape index (κ3) is 1.98. The van der Waals surface area contributed by atoms with Crippen LogP contribution >= 0.6 is 34.9 Å². The van der Waals surface area contributed by atoms with Crippen LogP contribution in [0.15, 0.2) is 6.07 Å². The van der Waals surface area contributed by atoms with Crippen LogP contribution in [-0.2, 0) is 7.05 Å². The highest BCUT2D eigenvalue weighted by molar-refractivity contribution is 7.00. The molecular weight excluding hydrogens is 319 g/mol. The van der Waals surface area contributed by atoms with Crippen molar-refractivity contribution in [2.45, 2.75) is 6.92 Å². The molecule has 0 aliphatic heterocycles. The molecule has 0 saturated heterocycles. The molecular formula is C11H10Cl2N6S. The topological polar surface area (TPSA) is 81.7 Å². The minimum absolute atomic E-state index is 0.452. The molecule has 3 aromatic rings. The Hall–Kier alpha value is -1.57. The number of nitrogens with one attached hydrogen (secondary N) is 1. The van der Waals surface area contributed by atoms with E-state index in [1.807, 2.05) is 6.92 Å². The van der Waals surface area contributed by atoms with Gasteiger partial charge in [0.25, 0.3) is 0 Å². The highest BCUT2D eigenvalue weighted by Crippen LogP contribution is 2.38. The summed E-state index contributed by atoms with van der Waals surface area (Å²) in [5.41, 5.74) is 9.16. The third-order valence-electron chi connectivity index (χ3n) is 2.96. The maximum absolute atomic E-state index is 6.25. The van der Waals surface area contributed by atoms with Gasteiger partial charge in [0.15, 0.2) is 5.82 Å². The van der Waals surface area contributed by atoms with Gasteiger partial charge in [0, 0.05) is 7.05 Å². The molecule has 0 unspecified atom stereocenters. The number of nitrogens with two attached hydrogens (primary N) is 1. The van der Waals surface area contributed by atoms with Crippen molar-refractivity contribution in [3.05, 3.63) is 21.8 Å². The van der Waals surface area contributed by atoms with Crippen molar-refractivity contribution >= 4 is 63.2 Å². The molecule has 1 aromatic carbocycles. The van der Waals surface area contributed by atoms with E-state index in [9.17, 15) is 0 Å². The Bertz CT molecular complexity index is 809. The van der Waals surface area contributed by atoms with E-state index in [1.165, 1.54) is 0 Å². The Morgan fingerprint density at radius 2 is 1.95 bits per heavy atom. The summed E-state index contributed by atoms with van der Waals surface area (Å²) < 4.78 is 10.0. The van der Waals surface area contributed by atoms with Crippen molar-refractivity contribution in [1.82, 2.24) is 18.5 Å². The number of aryl methyl sites for hydroxylation is 2. The molecule has 0 radical (unpaired) electrons. The van der Waals surface area contributed by atoms with Gasteiger partial charge in [-0.15, -0.1) is 0 Å². The molecule has 0 spiro atoms. The molecule has 0 atom stereocenters. The van der Waals surface area contributed by atoms with Gasteiger partial charge in [0.2, 0.25) is 0 Å². The number of rotatable bonds is 2. The van der Waals surface area contributed by atoms with Gasteiger partial charge in [-0.05, 0) is 13.0 Å². The first-order valence-electron chi connectivity index (χ1n) is 5.65. The van der Waals surface area contributed by atoms with E-state index in [1.54, 1.807) is 17.8 Å². The average molecular weight is 329 g/mol. The molecule has 0 amide bonds. The van der Waals surface area contributed by atoms with Crippen LogP contribution in [-0.4, -0.2) is 18.5 Å². The van der Waals surface area contributed by atoms with Gasteiger partial charge in [0.1, 0.15) is 11.0 Å². The number of nitrogen functional groups attached to an aromatic ring is 1. The summed E-state index contributed by atoms with van der Waals surface area (Å²) >= 11 is 13.4. The van der Waals surface area contributed by atoms with Crippen molar-refractivity contribution in [1.29, 1.82) is 0 Å². The van der Waals surface area contributed by atoms with Crippen LogP contribution in [0.25, 0.3) is 11.0 Å². The van der Waals surface area contributed by atoms with Crippen molar-refractivity contribution < 1.29 is 0 Å². The maximum Gasteiger partial charge on any atom is 0.152 e. The number of anilines is 3. The lowest BCUT2D eigenvalue weighted by Crippen LogP contribution is -2.02. The Morgan fingerprint density at radius 1 is 1.25 bits per heavy atom. The summed E-state index contributed by atoms with van der Waals surface area (Å²) in [4.78, 5) is 0. The van der Waals surface area contributed by atoms with E-state index in [0.29, 0.717) is 38.3 Å². The van der Waals surface area contributed by atoms with Crippen LogP contribution in [0.1, 0.15) is 5.69 Å². The number of aromatic nitrogens is 4. The van der Waals surface area contributed by atoms with Crippen LogP contribution in [0.3, 0.4) is 0 Å². The zero-order valence-corrected chi connectivity index (χ0v) is 12.9. The van der Waals surface area contributed by atoms with Crippen LogP contribution in [0.5, 0.6) is 0 Å². The Morgan fingerprint density at radius 3 is 2.60 bits per heavy atom. The van der Waals surface area contributed by atoms with Gasteiger partial charge in [0.05, 0.1) is 38.8 Å². The van der Waals surface area contributed by atoms with Crippen LogP contribution in [0.2, 0.25) is 10.0 Å². The molecule has 0 saturated carbocycles. The zero-order chi connectivity index (χ0) is 14.4. The summed E-state index contributed by atoms with van der Waals surface area (Å²) in [7, 11) is 1.80. The quantitative estimate of drug-likeness (QED) is 0.753. The van der Waals surface area contributed by atoms with Crippen molar-refractivity contribution in [2.24, 2.45) is 7.05 Å². The number of halogens is 2. The second-order valence-electron chi connectivity index (χ2n) is 4.27. The predicted octanol–water partition coefficient (Wildman–Crippen LogP) is 3.37. The molecule has 104 valence electrons. The van der Waals surface area contributed by atoms with E-state index < -0.39 is 0 Å². The SMILES string of the molecule is Cc1nn(C)c(Nc2c(Cl)cc(Cl)c3nsnc23)c1N. The molecule has 2 aromatic heterocycles. The molecule has 0 fully saturated rings. The summed E-state index contributed by atoms with van der Waals surface area (Å²) in [6.45, 7) is 1.84. The Balaban J connectivity index is 2.18. The summed E-state index contributed by atoms with van der Waals surface area (Å²) in [5.74, 6) is 0.654. The smallest absolute Gasteiger partial charge is 0.152 e. The maximum atomic E-state index is 6.25. The number of fused-ring (bicyclic) bond motifs is 1. The lowest BCUT2D eigenvalue weighted by Gasteiger charge is -2.10. The summed E-state index contributed by atoms with van der Waals surface area (Å²) in [6, 6.07) is 1.63.